The van der Waals surface area contributed by atoms with E-state index in [1.54, 1.807) is 49.8 Å². The van der Waals surface area contributed by atoms with E-state index in [-0.39, 0.29) is 59.3 Å². The first-order chi connectivity index (χ1) is 50.4. The largest absolute Gasteiger partial charge is 0.504 e. The average Bonchev–Trinajstić information content (AvgIpc) is 0.696. The number of phenolic OH excluding ortho intramolecular Hbond substituents is 4. The van der Waals surface area contributed by atoms with Crippen molar-refractivity contribution in [3.63, 3.8) is 0 Å². The third-order valence-corrected chi connectivity index (χ3v) is 29.2. The molecule has 6 aromatic rings. The number of morpholine rings is 1. The van der Waals surface area contributed by atoms with E-state index in [0.29, 0.717) is 142 Å². The number of nitrogens with one attached hydrogen (secondary N) is 1. The van der Waals surface area contributed by atoms with Gasteiger partial charge in [-0.2, -0.15) is 5.26 Å². The highest BCUT2D eigenvalue weighted by Crippen LogP contribution is 2.61. The van der Waals surface area contributed by atoms with Crippen LogP contribution in [0.4, 0.5) is 0 Å². The number of methoxy groups -OCH3 is 8. The van der Waals surface area contributed by atoms with Crippen molar-refractivity contribution in [3.05, 3.63) is 162 Å². The predicted molar refractivity (Wildman–Crippen MR) is 410 cm³/mol. The van der Waals surface area contributed by atoms with Gasteiger partial charge in [0.2, 0.25) is 0 Å². The molecule has 0 aliphatic carbocycles. The number of phenols is 4. The Labute approximate surface area is 621 Å². The lowest BCUT2D eigenvalue weighted by molar-refractivity contribution is -0.0637. The zero-order valence-corrected chi connectivity index (χ0v) is 65.5. The van der Waals surface area contributed by atoms with E-state index in [1.807, 2.05) is 108 Å². The van der Waals surface area contributed by atoms with Crippen molar-refractivity contribution in [3.8, 4) is 75.1 Å². The fourth-order valence-electron chi connectivity index (χ4n) is 18.2. The van der Waals surface area contributed by atoms with Crippen LogP contribution in [-0.2, 0) is 34.8 Å². The molecule has 21 nitrogen and oxygen atoms in total. The summed E-state index contributed by atoms with van der Waals surface area (Å²) in [5, 5.41) is 62.4. The van der Waals surface area contributed by atoms with Gasteiger partial charge < -0.3 is 72.8 Å². The number of fused-ring (bicyclic) bond motifs is 9. The van der Waals surface area contributed by atoms with E-state index in [4.69, 9.17) is 53.6 Å². The van der Waals surface area contributed by atoms with Crippen molar-refractivity contribution >= 4 is 20.5 Å². The van der Waals surface area contributed by atoms with Crippen LogP contribution in [0.2, 0.25) is 17.6 Å². The number of ether oxygens (including phenoxy) is 9. The zero-order chi connectivity index (χ0) is 75.8. The van der Waals surface area contributed by atoms with E-state index in [1.165, 1.54) is 7.11 Å². The smallest absolute Gasteiger partial charge is 0.295 e. The van der Waals surface area contributed by atoms with E-state index < -0.39 is 38.7 Å². The maximum Gasteiger partial charge on any atom is 0.295 e. The molecule has 5 N–H and O–H groups in total. The molecule has 2 fully saturated rings. The van der Waals surface area contributed by atoms with Crippen LogP contribution in [0.25, 0.3) is 17.0 Å². The monoisotopic (exact) mass is 1450 g/mol. The number of benzene rings is 6. The molecule has 6 aromatic carbocycles. The molecule has 2 bridgehead atoms. The van der Waals surface area contributed by atoms with Crippen LogP contribution in [0.15, 0.2) is 72.8 Å². The molecule has 2 saturated heterocycles. The van der Waals surface area contributed by atoms with Gasteiger partial charge in [0.15, 0.2) is 54.3 Å². The van der Waals surface area contributed by atoms with Crippen molar-refractivity contribution in [2.75, 3.05) is 97.3 Å². The van der Waals surface area contributed by atoms with E-state index in [0.717, 1.165) is 50.9 Å². The second-order valence-corrected chi connectivity index (χ2v) is 34.4. The van der Waals surface area contributed by atoms with Crippen LogP contribution in [0.5, 0.6) is 69.0 Å². The SMILES string of the molecule is COc1c(C)c(OC)c2c(c1O)C(/C=C/c1ccccc1)N1[C@@H](C#N)[C@@H]3Cc4c(OC)c(C)c(OC)c(O)c4[C@H]([C@@H]1C2)N3C.[C-]#[N+]C(C1Cc2c(OC)c(C)c(OC)c(O)c2C(C2Cc3c(OC)c(C)c(OC)c(O)c3[C@H](/C=C/c3ccccc3)N2)N1C)N1CCO[C@@H](CCO[Si](C)(C(C)C)C(C)C)C1. The maximum atomic E-state index is 12.3. The molecule has 12 rings (SSSR count). The molecule has 5 unspecified atom stereocenters. The molecule has 22 heteroatoms. The molecule has 562 valence electrons. The summed E-state index contributed by atoms with van der Waals surface area (Å²) in [4.78, 5) is 13.4. The summed E-state index contributed by atoms with van der Waals surface area (Å²) in [5.41, 5.74) is 12.1. The van der Waals surface area contributed by atoms with Crippen LogP contribution in [0.3, 0.4) is 0 Å². The van der Waals surface area contributed by atoms with Gasteiger partial charge in [-0.15, -0.1) is 0 Å². The van der Waals surface area contributed by atoms with Crippen molar-refractivity contribution in [2.24, 2.45) is 0 Å². The molecule has 0 radical (unpaired) electrons. The zero-order valence-electron chi connectivity index (χ0n) is 64.5. The predicted octanol–water partition coefficient (Wildman–Crippen LogP) is 13.6. The Balaban J connectivity index is 0.000000221. The van der Waals surface area contributed by atoms with Crippen LogP contribution < -0.4 is 43.2 Å². The minimum atomic E-state index is -1.92. The number of hydrogen-bond acceptors (Lipinski definition) is 20. The summed E-state index contributed by atoms with van der Waals surface area (Å²) in [7, 11) is 14.9. The van der Waals surface area contributed by atoms with Gasteiger partial charge in [0.05, 0.1) is 99.8 Å². The van der Waals surface area contributed by atoms with Crippen LogP contribution in [0.1, 0.15) is 136 Å². The summed E-state index contributed by atoms with van der Waals surface area (Å²) in [6.45, 7) is 30.1. The molecular weight excluding hydrogens is 1350 g/mol. The summed E-state index contributed by atoms with van der Waals surface area (Å²) in [6.07, 6.45) is 10.2. The van der Waals surface area contributed by atoms with E-state index in [9.17, 15) is 25.7 Å². The standard InChI is InChI=1S/C48H68N4O8Si.C35H39N3O6/c1-28(2)61(13,29(3)4)60-23-21-33-27-52(22-24-59-33)48(49-7)38-26-35-40(43(54)47(58-12)31(6)45(35)56-10)41(51(38)8)37-25-34-39(42(53)46(57-11)30(5)44(34)55-9)36(50-37)20-19-32-17-15-14-16-18-32;1-18-32(41-4)21-16-25-29-28-22(33(42-5)19(2)35(44-7)31(28)40)15-24(37(29)3)26(17-36)38(25)23(27(21)30(39)34(18)43-6)14-13-20-11-9-8-10-12-20/h14-20,28-29,33,36-38,41,48,50,53-54H,21-27H2,1-6,8-13H3;8-14,23-26,29,39-40H,15-16H2,1-7H3/b20-19+;14-13+/t33-,36-,37?,38?,41?,48?;23?,24-,25-,26-,29-/m00/s1. The van der Waals surface area contributed by atoms with Crippen LogP contribution in [-0.4, -0.2) is 188 Å². The average molecular weight is 1450 g/mol. The molecule has 105 heavy (non-hydrogen) atoms. The highest BCUT2D eigenvalue weighted by Gasteiger charge is 2.57. The molecule has 6 heterocycles. The molecule has 6 aliphatic heterocycles. The second kappa shape index (κ2) is 32.2. The topological polar surface area (TPSA) is 226 Å². The van der Waals surface area contributed by atoms with Gasteiger partial charge in [-0.25, -0.2) is 11.5 Å². The van der Waals surface area contributed by atoms with Crippen LogP contribution >= 0.6 is 0 Å². The highest BCUT2D eigenvalue weighted by molar-refractivity contribution is 6.75. The Hall–Kier alpha value is -8.68. The van der Waals surface area contributed by atoms with E-state index in [2.05, 4.69) is 89.3 Å². The first-order valence-corrected chi connectivity index (χ1v) is 39.0. The van der Waals surface area contributed by atoms with Crippen molar-refractivity contribution in [1.82, 2.24) is 24.9 Å². The first-order valence-electron chi connectivity index (χ1n) is 36.4. The number of piperazine rings is 1. The van der Waals surface area contributed by atoms with Gasteiger partial charge in [-0.1, -0.05) is 113 Å². The molecule has 0 spiro atoms. The fraction of sp³-hybridized carbons (Fsp3) is 0.494. The van der Waals surface area contributed by atoms with Gasteiger partial charge in [0.1, 0.15) is 35.1 Å². The second-order valence-electron chi connectivity index (χ2n) is 29.4. The quantitative estimate of drug-likeness (QED) is 0.0333. The Bertz CT molecular complexity index is 4300. The number of hydrogen-bond donors (Lipinski definition) is 5. The minimum Gasteiger partial charge on any atom is -0.504 e. The van der Waals surface area contributed by atoms with Crippen molar-refractivity contribution < 1.29 is 67.5 Å². The van der Waals surface area contributed by atoms with Crippen LogP contribution in [0, 0.1) is 45.6 Å². The normalized spacial score (nSPS) is 23.4. The molecule has 6 aliphatic rings. The third-order valence-electron chi connectivity index (χ3n) is 23.8. The summed E-state index contributed by atoms with van der Waals surface area (Å²) in [6, 6.07) is 19.2. The minimum absolute atomic E-state index is 0.0462. The van der Waals surface area contributed by atoms with Gasteiger partial charge in [-0.05, 0) is 96.2 Å². The molecule has 0 amide bonds. The number of aromatic hydroxyl groups is 4. The third kappa shape index (κ3) is 13.7. The number of nitrogens with zero attached hydrogens (tertiary/aromatic N) is 6. The van der Waals surface area contributed by atoms with E-state index >= 15 is 0 Å². The molecule has 0 saturated carbocycles. The lowest BCUT2D eigenvalue weighted by Gasteiger charge is -2.59. The number of likely N-dealkylation sites (N-methyl/N-ethyl adjacent to an activating group) is 2. The summed E-state index contributed by atoms with van der Waals surface area (Å²) >= 11 is 0. The van der Waals surface area contributed by atoms with Gasteiger partial charge in [0.25, 0.3) is 6.17 Å². The Morgan fingerprint density at radius 3 is 1.50 bits per heavy atom. The van der Waals surface area contributed by atoms with Gasteiger partial charge in [0, 0.05) is 111 Å². The lowest BCUT2D eigenvalue weighted by atomic mass is 9.71. The fourth-order valence-corrected chi connectivity index (χ4v) is 20.8. The molecule has 0 aromatic heterocycles. The lowest BCUT2D eigenvalue weighted by Crippen LogP contribution is -2.67. The Morgan fingerprint density at radius 1 is 0.590 bits per heavy atom. The van der Waals surface area contributed by atoms with Crippen molar-refractivity contribution in [2.45, 2.75) is 172 Å². The first kappa shape index (κ1) is 77.4. The molecule has 11 atom stereocenters. The number of nitriles is 1. The Kier molecular flexibility index (Phi) is 23.7. The summed E-state index contributed by atoms with van der Waals surface area (Å²) in [5.74, 6) is 4.31. The van der Waals surface area contributed by atoms with Gasteiger partial charge in [-0.3, -0.25) is 19.5 Å². The summed E-state index contributed by atoms with van der Waals surface area (Å²) < 4.78 is 60.3. The number of rotatable bonds is 21. The van der Waals surface area contributed by atoms with Crippen molar-refractivity contribution in [1.29, 1.82) is 5.26 Å². The molecular formula is C83H107N7O14Si. The maximum absolute atomic E-state index is 12.3. The highest BCUT2D eigenvalue weighted by atomic mass is 28.4. The van der Waals surface area contributed by atoms with Gasteiger partial charge >= 0.3 is 0 Å². The Morgan fingerprint density at radius 2 is 1.03 bits per heavy atom.